The Balaban J connectivity index is 0.00000320. The second-order valence-corrected chi connectivity index (χ2v) is 7.71. The van der Waals surface area contributed by atoms with Gasteiger partial charge >= 0.3 is 0 Å². The van der Waals surface area contributed by atoms with Crippen molar-refractivity contribution in [2.45, 2.75) is 26.3 Å². The van der Waals surface area contributed by atoms with Crippen molar-refractivity contribution in [3.8, 4) is 11.8 Å². The van der Waals surface area contributed by atoms with E-state index in [1.165, 1.54) is 4.88 Å². The Hall–Kier alpha value is -2.65. The molecular formula is C20H25IN8S. The van der Waals surface area contributed by atoms with Crippen molar-refractivity contribution in [2.75, 3.05) is 19.3 Å². The van der Waals surface area contributed by atoms with Crippen molar-refractivity contribution < 1.29 is 0 Å². The Labute approximate surface area is 197 Å². The normalized spacial score (nSPS) is 10.9. The molecule has 158 valence electrons. The third kappa shape index (κ3) is 5.93. The Morgan fingerprint density at radius 3 is 2.70 bits per heavy atom. The molecule has 1 aromatic carbocycles. The van der Waals surface area contributed by atoms with Crippen LogP contribution in [0.3, 0.4) is 0 Å². The molecule has 10 heteroatoms. The van der Waals surface area contributed by atoms with Crippen LogP contribution in [0, 0.1) is 18.3 Å². The molecular weight excluding hydrogens is 511 g/mol. The quantitative estimate of drug-likeness (QED) is 0.185. The monoisotopic (exact) mass is 536 g/mol. The van der Waals surface area contributed by atoms with Crippen LogP contribution in [-0.2, 0) is 13.0 Å². The molecule has 0 saturated carbocycles. The third-order valence-electron chi connectivity index (χ3n) is 4.29. The molecule has 0 saturated heterocycles. The number of hydrogen-bond acceptors (Lipinski definition) is 6. The van der Waals surface area contributed by atoms with Crippen molar-refractivity contribution in [2.24, 2.45) is 4.99 Å². The van der Waals surface area contributed by atoms with Crippen molar-refractivity contribution >= 4 is 47.1 Å². The first-order valence-corrected chi connectivity index (χ1v) is 10.1. The summed E-state index contributed by atoms with van der Waals surface area (Å²) in [7, 11) is 1.73. The predicted octanol–water partition coefficient (Wildman–Crippen LogP) is 3.01. The number of anilines is 1. The van der Waals surface area contributed by atoms with Gasteiger partial charge in [0.05, 0.1) is 17.9 Å². The minimum atomic E-state index is 0. The van der Waals surface area contributed by atoms with Gasteiger partial charge in [0.1, 0.15) is 22.5 Å². The highest BCUT2D eigenvalue weighted by Crippen LogP contribution is 2.21. The molecule has 4 N–H and O–H groups in total. The number of nitrogens with zero attached hydrogens (tertiary/aromatic N) is 5. The lowest BCUT2D eigenvalue weighted by molar-refractivity contribution is 0.721. The number of benzene rings is 1. The topological polar surface area (TPSA) is 117 Å². The number of guanidine groups is 1. The van der Waals surface area contributed by atoms with Crippen LogP contribution in [0.1, 0.15) is 27.6 Å². The molecule has 0 spiro atoms. The van der Waals surface area contributed by atoms with Crippen LogP contribution in [0.2, 0.25) is 0 Å². The van der Waals surface area contributed by atoms with Gasteiger partial charge in [0.25, 0.3) is 0 Å². The van der Waals surface area contributed by atoms with E-state index in [-0.39, 0.29) is 24.0 Å². The molecule has 3 rings (SSSR count). The van der Waals surface area contributed by atoms with E-state index in [1.54, 1.807) is 23.1 Å². The minimum Gasteiger partial charge on any atom is -0.382 e. The Kier molecular flexibility index (Phi) is 9.07. The zero-order valence-electron chi connectivity index (χ0n) is 16.9. The van der Waals surface area contributed by atoms with Gasteiger partial charge in [-0.3, -0.25) is 4.99 Å². The van der Waals surface area contributed by atoms with Gasteiger partial charge in [-0.1, -0.05) is 18.2 Å². The third-order valence-corrected chi connectivity index (χ3v) is 5.20. The van der Waals surface area contributed by atoms with Crippen molar-refractivity contribution in [1.82, 2.24) is 25.4 Å². The van der Waals surface area contributed by atoms with Crippen molar-refractivity contribution in [3.05, 3.63) is 57.7 Å². The second-order valence-electron chi connectivity index (χ2n) is 6.39. The molecule has 0 atom stereocenters. The number of para-hydroxylation sites is 1. The number of nitrogens with one attached hydrogen (secondary N) is 2. The summed E-state index contributed by atoms with van der Waals surface area (Å²) in [6.07, 6.45) is 3.30. The lowest BCUT2D eigenvalue weighted by atomic mass is 10.1. The molecule has 2 aromatic heterocycles. The van der Waals surface area contributed by atoms with Gasteiger partial charge in [-0.2, -0.15) is 10.4 Å². The van der Waals surface area contributed by atoms with Crippen molar-refractivity contribution in [1.29, 1.82) is 5.26 Å². The molecule has 0 aliphatic heterocycles. The minimum absolute atomic E-state index is 0. The maximum Gasteiger partial charge on any atom is 0.191 e. The molecule has 3 aromatic rings. The summed E-state index contributed by atoms with van der Waals surface area (Å²) in [6, 6.07) is 11.8. The number of thiazole rings is 1. The Morgan fingerprint density at radius 1 is 1.30 bits per heavy atom. The Morgan fingerprint density at radius 2 is 2.07 bits per heavy atom. The van der Waals surface area contributed by atoms with Gasteiger partial charge in [0.2, 0.25) is 0 Å². The predicted molar refractivity (Wildman–Crippen MR) is 131 cm³/mol. The molecule has 30 heavy (non-hydrogen) atoms. The lowest BCUT2D eigenvalue weighted by Gasteiger charge is -2.10. The number of rotatable bonds is 7. The standard InChI is InChI=1S/C20H24N8S.HI/c1-14-12-25-18(29-14)13-26-20(23-2)24-10-6-9-17-16(11-21)19(22)28(27-17)15-7-4-3-5-8-15;/h3-5,7-8,12H,6,9-10,13,22H2,1-2H3,(H2,23,24,26);1H. The molecule has 0 fully saturated rings. The SMILES string of the molecule is CN=C(NCCCc1nn(-c2ccccc2)c(N)c1C#N)NCc1ncc(C)s1.I. The summed E-state index contributed by atoms with van der Waals surface area (Å²) >= 11 is 1.66. The highest BCUT2D eigenvalue weighted by Gasteiger charge is 2.16. The zero-order chi connectivity index (χ0) is 20.6. The molecule has 0 radical (unpaired) electrons. The van der Waals surface area contributed by atoms with Gasteiger partial charge in [0, 0.05) is 24.7 Å². The fraction of sp³-hybridized carbons (Fsp3) is 0.300. The summed E-state index contributed by atoms with van der Waals surface area (Å²) in [4.78, 5) is 9.75. The van der Waals surface area contributed by atoms with E-state index in [0.717, 1.165) is 17.1 Å². The number of nitrogens with two attached hydrogens (primary N) is 1. The summed E-state index contributed by atoms with van der Waals surface area (Å²) in [5.74, 6) is 1.09. The molecule has 0 aliphatic rings. The summed E-state index contributed by atoms with van der Waals surface area (Å²) in [6.45, 7) is 3.36. The van der Waals surface area contributed by atoms with Gasteiger partial charge in [-0.25, -0.2) is 9.67 Å². The maximum atomic E-state index is 9.49. The van der Waals surface area contributed by atoms with Crippen LogP contribution in [-0.4, -0.2) is 34.3 Å². The number of aromatic nitrogens is 3. The zero-order valence-corrected chi connectivity index (χ0v) is 20.1. The van der Waals surface area contributed by atoms with E-state index in [2.05, 4.69) is 31.8 Å². The highest BCUT2D eigenvalue weighted by atomic mass is 127. The largest absolute Gasteiger partial charge is 0.382 e. The van der Waals surface area contributed by atoms with E-state index < -0.39 is 0 Å². The number of aryl methyl sites for hydroxylation is 2. The van der Waals surface area contributed by atoms with Gasteiger partial charge in [-0.15, -0.1) is 35.3 Å². The van der Waals surface area contributed by atoms with E-state index in [4.69, 9.17) is 5.73 Å². The lowest BCUT2D eigenvalue weighted by Crippen LogP contribution is -2.37. The van der Waals surface area contributed by atoms with E-state index in [0.29, 0.717) is 42.5 Å². The average Bonchev–Trinajstić information content (AvgIpc) is 3.30. The number of halogens is 1. The first kappa shape index (κ1) is 23.6. The maximum absolute atomic E-state index is 9.49. The van der Waals surface area contributed by atoms with Crippen LogP contribution in [0.4, 0.5) is 5.82 Å². The summed E-state index contributed by atoms with van der Waals surface area (Å²) in [5.41, 5.74) is 8.13. The second kappa shape index (κ2) is 11.5. The molecule has 0 unspecified atom stereocenters. The first-order chi connectivity index (χ1) is 14.1. The molecule has 0 bridgehead atoms. The summed E-state index contributed by atoms with van der Waals surface area (Å²) < 4.78 is 1.62. The fourth-order valence-corrected chi connectivity index (χ4v) is 3.59. The first-order valence-electron chi connectivity index (χ1n) is 9.31. The average molecular weight is 536 g/mol. The molecule has 2 heterocycles. The smallest absolute Gasteiger partial charge is 0.191 e. The number of hydrogen-bond donors (Lipinski definition) is 3. The highest BCUT2D eigenvalue weighted by molar-refractivity contribution is 14.0. The van der Waals surface area contributed by atoms with E-state index in [9.17, 15) is 5.26 Å². The van der Waals surface area contributed by atoms with E-state index in [1.807, 2.05) is 43.5 Å². The van der Waals surface area contributed by atoms with Gasteiger partial charge < -0.3 is 16.4 Å². The number of aliphatic imine (C=N–C) groups is 1. The molecule has 0 amide bonds. The van der Waals surface area contributed by atoms with Crippen molar-refractivity contribution in [3.63, 3.8) is 0 Å². The van der Waals surface area contributed by atoms with Crippen LogP contribution in [0.5, 0.6) is 0 Å². The van der Waals surface area contributed by atoms with Crippen LogP contribution < -0.4 is 16.4 Å². The van der Waals surface area contributed by atoms with Crippen LogP contribution in [0.15, 0.2) is 41.5 Å². The number of nitriles is 1. The molecule has 0 aliphatic carbocycles. The fourth-order valence-electron chi connectivity index (χ4n) is 2.87. The summed E-state index contributed by atoms with van der Waals surface area (Å²) in [5, 5.41) is 21.6. The number of nitrogen functional groups attached to an aromatic ring is 1. The van der Waals surface area contributed by atoms with Gasteiger partial charge in [-0.05, 0) is 31.9 Å². The van der Waals surface area contributed by atoms with Crippen LogP contribution in [0.25, 0.3) is 5.69 Å². The van der Waals surface area contributed by atoms with Crippen LogP contribution >= 0.6 is 35.3 Å². The van der Waals surface area contributed by atoms with E-state index >= 15 is 0 Å². The molecule has 8 nitrogen and oxygen atoms in total. The Bertz CT molecular complexity index is 1020. The van der Waals surface area contributed by atoms with Gasteiger partial charge in [0.15, 0.2) is 5.96 Å².